The van der Waals surface area contributed by atoms with Crippen LogP contribution in [-0.4, -0.2) is 34.8 Å². The predicted octanol–water partition coefficient (Wildman–Crippen LogP) is 1.34. The van der Waals surface area contributed by atoms with Crippen molar-refractivity contribution >= 4 is 11.6 Å². The highest BCUT2D eigenvalue weighted by Crippen LogP contribution is 2.07. The van der Waals surface area contributed by atoms with E-state index >= 15 is 0 Å². The average Bonchev–Trinajstić information content (AvgIpc) is 2.34. The van der Waals surface area contributed by atoms with Crippen LogP contribution in [0.3, 0.4) is 0 Å². The van der Waals surface area contributed by atoms with Crippen LogP contribution in [0.2, 0.25) is 0 Å². The Bertz CT molecular complexity index is 306. The summed E-state index contributed by atoms with van der Waals surface area (Å²) < 4.78 is 0. The monoisotopic (exact) mass is 224 g/mol. The number of aliphatic hydroxyl groups is 1. The fourth-order valence-electron chi connectivity index (χ4n) is 1.13. The number of nitrogens with zero attached hydrogens (tertiary/aromatic N) is 2. The summed E-state index contributed by atoms with van der Waals surface area (Å²) in [6, 6.07) is 0. The first-order valence-corrected chi connectivity index (χ1v) is 5.67. The van der Waals surface area contributed by atoms with E-state index in [0.29, 0.717) is 6.54 Å². The Morgan fingerprint density at radius 1 is 1.31 bits per heavy atom. The molecule has 0 aliphatic rings. The maximum Gasteiger partial charge on any atom is 0.146 e. The Balaban J connectivity index is 2.46. The first-order chi connectivity index (χ1) is 7.76. The van der Waals surface area contributed by atoms with Crippen molar-refractivity contribution in [3.05, 3.63) is 12.4 Å². The number of nitrogens with one attached hydrogen (secondary N) is 2. The van der Waals surface area contributed by atoms with E-state index in [1.807, 2.05) is 6.92 Å². The van der Waals surface area contributed by atoms with Crippen molar-refractivity contribution in [1.82, 2.24) is 9.97 Å². The molecule has 0 amide bonds. The number of aromatic nitrogens is 2. The maximum absolute atomic E-state index is 8.90. The van der Waals surface area contributed by atoms with E-state index < -0.39 is 0 Å². The highest BCUT2D eigenvalue weighted by atomic mass is 16.3. The minimum absolute atomic E-state index is 0.175. The molecule has 1 heterocycles. The van der Waals surface area contributed by atoms with E-state index in [9.17, 15) is 0 Å². The van der Waals surface area contributed by atoms with Gasteiger partial charge in [0.25, 0.3) is 0 Å². The van der Waals surface area contributed by atoms with Crippen molar-refractivity contribution in [2.45, 2.75) is 20.3 Å². The van der Waals surface area contributed by atoms with Crippen LogP contribution in [0.4, 0.5) is 11.6 Å². The summed E-state index contributed by atoms with van der Waals surface area (Å²) in [7, 11) is 0. The van der Waals surface area contributed by atoms with Gasteiger partial charge in [-0.25, -0.2) is 4.98 Å². The maximum atomic E-state index is 8.90. The molecule has 0 aliphatic heterocycles. The highest BCUT2D eigenvalue weighted by Gasteiger charge is 2.01. The Morgan fingerprint density at radius 3 is 2.62 bits per heavy atom. The van der Waals surface area contributed by atoms with E-state index in [1.165, 1.54) is 0 Å². The fourth-order valence-corrected chi connectivity index (χ4v) is 1.13. The normalized spacial score (nSPS) is 12.2. The molecule has 0 saturated heterocycles. The topological polar surface area (TPSA) is 70.1 Å². The van der Waals surface area contributed by atoms with E-state index in [2.05, 4.69) is 27.5 Å². The molecule has 0 aliphatic carbocycles. The lowest BCUT2D eigenvalue weighted by Crippen LogP contribution is -2.15. The molecule has 0 radical (unpaired) electrons. The quantitative estimate of drug-likeness (QED) is 0.652. The van der Waals surface area contributed by atoms with E-state index in [0.717, 1.165) is 24.6 Å². The van der Waals surface area contributed by atoms with Crippen LogP contribution in [0.5, 0.6) is 0 Å². The Hall–Kier alpha value is -1.36. The third-order valence-electron chi connectivity index (χ3n) is 2.13. The van der Waals surface area contributed by atoms with Crippen molar-refractivity contribution in [1.29, 1.82) is 0 Å². The molecule has 0 spiro atoms. The largest absolute Gasteiger partial charge is 0.396 e. The first kappa shape index (κ1) is 12.7. The van der Waals surface area contributed by atoms with Gasteiger partial charge >= 0.3 is 0 Å². The van der Waals surface area contributed by atoms with Crippen LogP contribution >= 0.6 is 0 Å². The zero-order valence-electron chi connectivity index (χ0n) is 9.90. The van der Waals surface area contributed by atoms with Crippen LogP contribution in [0.15, 0.2) is 12.4 Å². The molecular formula is C11H20N4O. The van der Waals surface area contributed by atoms with E-state index in [-0.39, 0.29) is 12.5 Å². The molecular weight excluding hydrogens is 204 g/mol. The molecule has 0 bridgehead atoms. The summed E-state index contributed by atoms with van der Waals surface area (Å²) in [5.41, 5.74) is 0. The number of rotatable bonds is 7. The summed E-state index contributed by atoms with van der Waals surface area (Å²) in [5.74, 6) is 1.74. The minimum Gasteiger partial charge on any atom is -0.396 e. The van der Waals surface area contributed by atoms with Gasteiger partial charge in [0.1, 0.15) is 11.6 Å². The van der Waals surface area contributed by atoms with Gasteiger partial charge in [-0.3, -0.25) is 4.98 Å². The van der Waals surface area contributed by atoms with Gasteiger partial charge in [-0.1, -0.05) is 13.8 Å². The molecule has 5 heteroatoms. The van der Waals surface area contributed by atoms with Gasteiger partial charge in [-0.2, -0.15) is 0 Å². The fraction of sp³-hybridized carbons (Fsp3) is 0.636. The predicted molar refractivity (Wildman–Crippen MR) is 65.6 cm³/mol. The number of anilines is 2. The van der Waals surface area contributed by atoms with Gasteiger partial charge in [0.2, 0.25) is 0 Å². The zero-order chi connectivity index (χ0) is 11.8. The molecule has 3 N–H and O–H groups in total. The average molecular weight is 224 g/mol. The van der Waals surface area contributed by atoms with Gasteiger partial charge in [-0.15, -0.1) is 0 Å². The second-order valence-corrected chi connectivity index (χ2v) is 3.88. The van der Waals surface area contributed by atoms with Gasteiger partial charge in [0.05, 0.1) is 12.4 Å². The smallest absolute Gasteiger partial charge is 0.146 e. The van der Waals surface area contributed by atoms with Crippen molar-refractivity contribution in [3.8, 4) is 0 Å². The highest BCUT2D eigenvalue weighted by molar-refractivity contribution is 5.41. The second-order valence-electron chi connectivity index (χ2n) is 3.88. The Kier molecular flexibility index (Phi) is 5.56. The SMILES string of the molecule is CCCNc1cncc(NCC(C)CO)n1. The zero-order valence-corrected chi connectivity index (χ0v) is 9.90. The molecule has 1 atom stereocenters. The molecule has 16 heavy (non-hydrogen) atoms. The van der Waals surface area contributed by atoms with Crippen molar-refractivity contribution in [2.75, 3.05) is 30.3 Å². The first-order valence-electron chi connectivity index (χ1n) is 5.67. The van der Waals surface area contributed by atoms with E-state index in [1.54, 1.807) is 12.4 Å². The minimum atomic E-state index is 0.175. The van der Waals surface area contributed by atoms with Gasteiger partial charge in [-0.05, 0) is 12.3 Å². The molecule has 0 saturated carbocycles. The number of hydrogen-bond acceptors (Lipinski definition) is 5. The summed E-state index contributed by atoms with van der Waals surface area (Å²) >= 11 is 0. The van der Waals surface area contributed by atoms with Crippen molar-refractivity contribution < 1.29 is 5.11 Å². The van der Waals surface area contributed by atoms with E-state index in [4.69, 9.17) is 5.11 Å². The van der Waals surface area contributed by atoms with Crippen molar-refractivity contribution in [2.24, 2.45) is 5.92 Å². The Labute approximate surface area is 96.3 Å². The third kappa shape index (κ3) is 4.44. The van der Waals surface area contributed by atoms with Crippen LogP contribution < -0.4 is 10.6 Å². The molecule has 1 aromatic rings. The van der Waals surface area contributed by atoms with Gasteiger partial charge < -0.3 is 15.7 Å². The molecule has 90 valence electrons. The lowest BCUT2D eigenvalue weighted by atomic mass is 10.2. The second kappa shape index (κ2) is 7.00. The third-order valence-corrected chi connectivity index (χ3v) is 2.13. The molecule has 1 aromatic heterocycles. The van der Waals surface area contributed by atoms with Crippen LogP contribution in [0.25, 0.3) is 0 Å². The standard InChI is InChI=1S/C11H20N4O/c1-3-4-13-10-6-12-7-11(15-10)14-5-9(2)8-16/h6-7,9,16H,3-5,8H2,1-2H3,(H2,13,14,15). The molecule has 0 aromatic carbocycles. The molecule has 1 unspecified atom stereocenters. The van der Waals surface area contributed by atoms with Gasteiger partial charge in [0.15, 0.2) is 0 Å². The van der Waals surface area contributed by atoms with Crippen LogP contribution in [0.1, 0.15) is 20.3 Å². The molecule has 0 fully saturated rings. The summed E-state index contributed by atoms with van der Waals surface area (Å²) in [5, 5.41) is 15.2. The summed E-state index contributed by atoms with van der Waals surface area (Å²) in [4.78, 5) is 8.44. The molecule has 5 nitrogen and oxygen atoms in total. The van der Waals surface area contributed by atoms with Crippen LogP contribution in [0, 0.1) is 5.92 Å². The summed E-state index contributed by atoms with van der Waals surface area (Å²) in [6.07, 6.45) is 4.44. The molecule has 1 rings (SSSR count). The Morgan fingerprint density at radius 2 is 2.00 bits per heavy atom. The lowest BCUT2D eigenvalue weighted by Gasteiger charge is -2.10. The van der Waals surface area contributed by atoms with Crippen molar-refractivity contribution in [3.63, 3.8) is 0 Å². The summed E-state index contributed by atoms with van der Waals surface area (Å²) in [6.45, 7) is 5.84. The number of aliphatic hydroxyl groups excluding tert-OH is 1. The van der Waals surface area contributed by atoms with Crippen LogP contribution in [-0.2, 0) is 0 Å². The lowest BCUT2D eigenvalue weighted by molar-refractivity contribution is 0.244. The van der Waals surface area contributed by atoms with Gasteiger partial charge in [0, 0.05) is 19.7 Å². The number of hydrogen-bond donors (Lipinski definition) is 3.